The molecule has 1 aromatic rings. The van der Waals surface area contributed by atoms with Gasteiger partial charge >= 0.3 is 0 Å². The van der Waals surface area contributed by atoms with Crippen LogP contribution >= 0.6 is 0 Å². The second kappa shape index (κ2) is 2.58. The maximum Gasteiger partial charge on any atom is 0.133 e. The SMILES string of the molecule is CC1(F)CCCc2ccccc21. The monoisotopic (exact) mass is 164 g/mol. The molecule has 1 aliphatic rings. The van der Waals surface area contributed by atoms with Gasteiger partial charge in [0.05, 0.1) is 0 Å². The molecule has 0 saturated heterocycles. The van der Waals surface area contributed by atoms with E-state index >= 15 is 0 Å². The highest BCUT2D eigenvalue weighted by molar-refractivity contribution is 5.33. The van der Waals surface area contributed by atoms with Gasteiger partial charge in [0.25, 0.3) is 0 Å². The number of hydrogen-bond acceptors (Lipinski definition) is 0. The molecule has 0 saturated carbocycles. The van der Waals surface area contributed by atoms with Crippen molar-refractivity contribution < 1.29 is 4.39 Å². The highest BCUT2D eigenvalue weighted by Gasteiger charge is 2.30. The first kappa shape index (κ1) is 7.78. The van der Waals surface area contributed by atoms with Crippen molar-refractivity contribution in [3.8, 4) is 0 Å². The van der Waals surface area contributed by atoms with Gasteiger partial charge < -0.3 is 0 Å². The van der Waals surface area contributed by atoms with Crippen molar-refractivity contribution in [2.75, 3.05) is 0 Å². The van der Waals surface area contributed by atoms with E-state index in [1.807, 2.05) is 24.3 Å². The lowest BCUT2D eigenvalue weighted by Crippen LogP contribution is -2.21. The van der Waals surface area contributed by atoms with E-state index in [1.165, 1.54) is 5.56 Å². The minimum Gasteiger partial charge on any atom is -0.239 e. The van der Waals surface area contributed by atoms with E-state index in [0.29, 0.717) is 6.42 Å². The molecule has 0 N–H and O–H groups in total. The zero-order valence-electron chi connectivity index (χ0n) is 7.31. The van der Waals surface area contributed by atoms with Gasteiger partial charge in [0.1, 0.15) is 5.67 Å². The summed E-state index contributed by atoms with van der Waals surface area (Å²) < 4.78 is 13.9. The molecule has 1 atom stereocenters. The van der Waals surface area contributed by atoms with Crippen LogP contribution in [0.4, 0.5) is 4.39 Å². The number of halogens is 1. The van der Waals surface area contributed by atoms with E-state index in [9.17, 15) is 4.39 Å². The van der Waals surface area contributed by atoms with Crippen LogP contribution in [0.25, 0.3) is 0 Å². The summed E-state index contributed by atoms with van der Waals surface area (Å²) in [6.07, 6.45) is 2.68. The molecule has 64 valence electrons. The van der Waals surface area contributed by atoms with Crippen LogP contribution in [0.5, 0.6) is 0 Å². The summed E-state index contributed by atoms with van der Waals surface area (Å²) in [7, 11) is 0. The second-order valence-corrected chi connectivity index (χ2v) is 3.71. The summed E-state index contributed by atoms with van der Waals surface area (Å²) >= 11 is 0. The number of aryl methyl sites for hydroxylation is 1. The molecule has 1 unspecified atom stereocenters. The van der Waals surface area contributed by atoms with Crippen molar-refractivity contribution in [3.63, 3.8) is 0 Å². The molecule has 0 aliphatic heterocycles. The van der Waals surface area contributed by atoms with Crippen LogP contribution in [0.2, 0.25) is 0 Å². The summed E-state index contributed by atoms with van der Waals surface area (Å²) in [4.78, 5) is 0. The van der Waals surface area contributed by atoms with Crippen LogP contribution in [0.1, 0.15) is 30.9 Å². The average Bonchev–Trinajstić information content (AvgIpc) is 2.04. The highest BCUT2D eigenvalue weighted by Crippen LogP contribution is 2.37. The third kappa shape index (κ3) is 1.13. The van der Waals surface area contributed by atoms with E-state index in [4.69, 9.17) is 0 Å². The first-order chi connectivity index (χ1) is 5.70. The second-order valence-electron chi connectivity index (χ2n) is 3.71. The molecule has 0 heterocycles. The van der Waals surface area contributed by atoms with Gasteiger partial charge in [0.2, 0.25) is 0 Å². The van der Waals surface area contributed by atoms with Gasteiger partial charge in [-0.15, -0.1) is 0 Å². The fraction of sp³-hybridized carbons (Fsp3) is 0.455. The van der Waals surface area contributed by atoms with Crippen LogP contribution in [0.15, 0.2) is 24.3 Å². The minimum atomic E-state index is -1.09. The summed E-state index contributed by atoms with van der Waals surface area (Å²) in [5.74, 6) is 0. The molecule has 0 fully saturated rings. The Morgan fingerprint density at radius 3 is 2.83 bits per heavy atom. The van der Waals surface area contributed by atoms with Crippen LogP contribution in [-0.4, -0.2) is 0 Å². The standard InChI is InChI=1S/C11H13F/c1-11(12)8-4-6-9-5-2-3-7-10(9)11/h2-3,5,7H,4,6,8H2,1H3. The topological polar surface area (TPSA) is 0 Å². The predicted molar refractivity (Wildman–Crippen MR) is 47.8 cm³/mol. The van der Waals surface area contributed by atoms with E-state index in [1.54, 1.807) is 6.92 Å². The lowest BCUT2D eigenvalue weighted by Gasteiger charge is -2.28. The van der Waals surface area contributed by atoms with Gasteiger partial charge in [-0.2, -0.15) is 0 Å². The van der Waals surface area contributed by atoms with Gasteiger partial charge in [0.15, 0.2) is 0 Å². The molecule has 0 radical (unpaired) electrons. The van der Waals surface area contributed by atoms with E-state index in [0.717, 1.165) is 18.4 Å². The first-order valence-electron chi connectivity index (χ1n) is 4.47. The third-order valence-corrected chi connectivity index (χ3v) is 2.67. The molecule has 0 bridgehead atoms. The van der Waals surface area contributed by atoms with Gasteiger partial charge in [0, 0.05) is 0 Å². The molecule has 0 aromatic heterocycles. The number of hydrogen-bond donors (Lipinski definition) is 0. The predicted octanol–water partition coefficient (Wildman–Crippen LogP) is 3.21. The molecule has 1 heteroatoms. The normalized spacial score (nSPS) is 28.2. The smallest absolute Gasteiger partial charge is 0.133 e. The van der Waals surface area contributed by atoms with Crippen molar-refractivity contribution >= 4 is 0 Å². The molecule has 0 amide bonds. The van der Waals surface area contributed by atoms with Gasteiger partial charge in [-0.1, -0.05) is 24.3 Å². The van der Waals surface area contributed by atoms with Crippen LogP contribution in [0.3, 0.4) is 0 Å². The maximum atomic E-state index is 13.9. The Morgan fingerprint density at radius 1 is 1.33 bits per heavy atom. The Balaban J connectivity index is 2.52. The molecule has 2 rings (SSSR count). The zero-order chi connectivity index (χ0) is 8.60. The molecule has 0 spiro atoms. The minimum absolute atomic E-state index is 0.671. The Bertz CT molecular complexity index is 289. The molecule has 0 nitrogen and oxygen atoms in total. The Labute approximate surface area is 72.4 Å². The fourth-order valence-electron chi connectivity index (χ4n) is 1.99. The zero-order valence-corrected chi connectivity index (χ0v) is 7.31. The van der Waals surface area contributed by atoms with Crippen molar-refractivity contribution in [3.05, 3.63) is 35.4 Å². The first-order valence-corrected chi connectivity index (χ1v) is 4.47. The summed E-state index contributed by atoms with van der Waals surface area (Å²) in [6.45, 7) is 1.69. The molecule has 12 heavy (non-hydrogen) atoms. The highest BCUT2D eigenvalue weighted by atomic mass is 19.1. The lowest BCUT2D eigenvalue weighted by molar-refractivity contribution is 0.162. The molecular formula is C11H13F. The van der Waals surface area contributed by atoms with Crippen molar-refractivity contribution in [1.29, 1.82) is 0 Å². The van der Waals surface area contributed by atoms with Gasteiger partial charge in [-0.25, -0.2) is 4.39 Å². The molecular weight excluding hydrogens is 151 g/mol. The van der Waals surface area contributed by atoms with Crippen LogP contribution < -0.4 is 0 Å². The largest absolute Gasteiger partial charge is 0.239 e. The van der Waals surface area contributed by atoms with E-state index in [2.05, 4.69) is 0 Å². The summed E-state index contributed by atoms with van der Waals surface area (Å²) in [5, 5.41) is 0. The van der Waals surface area contributed by atoms with E-state index < -0.39 is 5.67 Å². The van der Waals surface area contributed by atoms with Crippen molar-refractivity contribution in [1.82, 2.24) is 0 Å². The summed E-state index contributed by atoms with van der Waals surface area (Å²) in [5.41, 5.74) is 1.000. The molecule has 1 aliphatic carbocycles. The Kier molecular flexibility index (Phi) is 1.67. The lowest BCUT2D eigenvalue weighted by atomic mass is 9.82. The Hall–Kier alpha value is -0.850. The fourth-order valence-corrected chi connectivity index (χ4v) is 1.99. The van der Waals surface area contributed by atoms with Crippen molar-refractivity contribution in [2.24, 2.45) is 0 Å². The van der Waals surface area contributed by atoms with Crippen LogP contribution in [-0.2, 0) is 12.1 Å². The maximum absolute atomic E-state index is 13.9. The average molecular weight is 164 g/mol. The Morgan fingerprint density at radius 2 is 2.08 bits per heavy atom. The third-order valence-electron chi connectivity index (χ3n) is 2.67. The van der Waals surface area contributed by atoms with Gasteiger partial charge in [-0.05, 0) is 37.3 Å². The number of fused-ring (bicyclic) bond motifs is 1. The number of alkyl halides is 1. The van der Waals surface area contributed by atoms with E-state index in [-0.39, 0.29) is 0 Å². The van der Waals surface area contributed by atoms with Gasteiger partial charge in [-0.3, -0.25) is 0 Å². The molecule has 1 aromatic carbocycles. The number of rotatable bonds is 0. The van der Waals surface area contributed by atoms with Crippen LogP contribution in [0, 0.1) is 0 Å². The quantitative estimate of drug-likeness (QED) is 0.552. The van der Waals surface area contributed by atoms with Crippen molar-refractivity contribution in [2.45, 2.75) is 31.9 Å². The number of benzene rings is 1. The summed E-state index contributed by atoms with van der Waals surface area (Å²) in [6, 6.07) is 7.85.